The lowest BCUT2D eigenvalue weighted by Gasteiger charge is -2.33. The van der Waals surface area contributed by atoms with Gasteiger partial charge in [0.05, 0.1) is 13.2 Å². The minimum atomic E-state index is -0.261. The summed E-state index contributed by atoms with van der Waals surface area (Å²) in [4.78, 5) is 29.0. The summed E-state index contributed by atoms with van der Waals surface area (Å²) in [5.41, 5.74) is 0. The van der Waals surface area contributed by atoms with Crippen LogP contribution < -0.4 is 5.32 Å². The van der Waals surface area contributed by atoms with Gasteiger partial charge in [0.2, 0.25) is 5.91 Å². The van der Waals surface area contributed by atoms with Gasteiger partial charge >= 0.3 is 6.09 Å². The molecule has 2 amide bonds. The van der Waals surface area contributed by atoms with E-state index in [1.165, 1.54) is 0 Å². The molecule has 0 saturated carbocycles. The number of ether oxygens (including phenoxy) is 1. The van der Waals surface area contributed by atoms with Crippen molar-refractivity contribution in [2.45, 2.75) is 6.92 Å². The molecule has 0 radical (unpaired) electrons. The summed E-state index contributed by atoms with van der Waals surface area (Å²) in [7, 11) is 3.95. The second-order valence-corrected chi connectivity index (χ2v) is 5.12. The molecule has 1 fully saturated rings. The van der Waals surface area contributed by atoms with Gasteiger partial charge in [-0.05, 0) is 21.0 Å². The molecule has 0 aromatic rings. The SMILES string of the molecule is CCOC(=O)N1CCN(CC(=O)NCCN(C)C)CC1. The number of likely N-dealkylation sites (N-methyl/N-ethyl adjacent to an activating group) is 1. The van der Waals surface area contributed by atoms with Crippen LogP contribution >= 0.6 is 0 Å². The Labute approximate surface area is 120 Å². The van der Waals surface area contributed by atoms with Crippen molar-refractivity contribution in [3.05, 3.63) is 0 Å². The molecule has 0 spiro atoms. The first-order chi connectivity index (χ1) is 9.52. The molecule has 1 aliphatic rings. The van der Waals surface area contributed by atoms with Gasteiger partial charge in [0.25, 0.3) is 0 Å². The van der Waals surface area contributed by atoms with E-state index in [1.807, 2.05) is 19.0 Å². The minimum absolute atomic E-state index is 0.0384. The normalized spacial score (nSPS) is 16.3. The Bertz CT molecular complexity index is 315. The molecule has 0 atom stereocenters. The second kappa shape index (κ2) is 8.76. The van der Waals surface area contributed by atoms with Gasteiger partial charge in [-0.25, -0.2) is 4.79 Å². The van der Waals surface area contributed by atoms with E-state index in [-0.39, 0.29) is 12.0 Å². The number of carbonyl (C=O) groups is 2. The van der Waals surface area contributed by atoms with Crippen LogP contribution in [0.2, 0.25) is 0 Å². The van der Waals surface area contributed by atoms with Crippen LogP contribution in [0.25, 0.3) is 0 Å². The predicted molar refractivity (Wildman–Crippen MR) is 76.6 cm³/mol. The zero-order valence-electron chi connectivity index (χ0n) is 12.7. The molecule has 1 rings (SSSR count). The lowest BCUT2D eigenvalue weighted by Crippen LogP contribution is -2.51. The molecule has 20 heavy (non-hydrogen) atoms. The third-order valence-corrected chi connectivity index (χ3v) is 3.15. The molecule has 0 aliphatic carbocycles. The van der Waals surface area contributed by atoms with Crippen LogP contribution in [0.5, 0.6) is 0 Å². The summed E-state index contributed by atoms with van der Waals surface area (Å²) >= 11 is 0. The van der Waals surface area contributed by atoms with E-state index in [4.69, 9.17) is 4.74 Å². The third-order valence-electron chi connectivity index (χ3n) is 3.15. The average Bonchev–Trinajstić information content (AvgIpc) is 2.39. The van der Waals surface area contributed by atoms with E-state index in [9.17, 15) is 9.59 Å². The number of hydrogen-bond donors (Lipinski definition) is 1. The van der Waals surface area contributed by atoms with Crippen LogP contribution in [0.1, 0.15) is 6.92 Å². The first kappa shape index (κ1) is 16.7. The van der Waals surface area contributed by atoms with Crippen LogP contribution in [0.4, 0.5) is 4.79 Å². The Balaban J connectivity index is 2.18. The molecule has 0 unspecified atom stereocenters. The minimum Gasteiger partial charge on any atom is -0.450 e. The second-order valence-electron chi connectivity index (χ2n) is 5.12. The quantitative estimate of drug-likeness (QED) is 0.709. The van der Waals surface area contributed by atoms with Gasteiger partial charge in [0.15, 0.2) is 0 Å². The number of carbonyl (C=O) groups excluding carboxylic acids is 2. The molecule has 1 heterocycles. The molecule has 7 nitrogen and oxygen atoms in total. The van der Waals surface area contributed by atoms with Crippen LogP contribution in [0.3, 0.4) is 0 Å². The van der Waals surface area contributed by atoms with Gasteiger partial charge in [0, 0.05) is 39.3 Å². The van der Waals surface area contributed by atoms with E-state index in [1.54, 1.807) is 11.8 Å². The summed E-state index contributed by atoms with van der Waals surface area (Å²) in [5.74, 6) is 0.0384. The van der Waals surface area contributed by atoms with Crippen molar-refractivity contribution in [2.75, 3.05) is 66.5 Å². The standard InChI is InChI=1S/C13H26N4O3/c1-4-20-13(19)17-9-7-16(8-10-17)11-12(18)14-5-6-15(2)3/h4-11H2,1-3H3,(H,14,18). The van der Waals surface area contributed by atoms with Gasteiger partial charge in [-0.15, -0.1) is 0 Å². The molecule has 0 aromatic carbocycles. The highest BCUT2D eigenvalue weighted by Crippen LogP contribution is 2.03. The lowest BCUT2D eigenvalue weighted by atomic mass is 10.3. The summed E-state index contributed by atoms with van der Waals surface area (Å²) in [6.45, 7) is 6.73. The van der Waals surface area contributed by atoms with E-state index >= 15 is 0 Å². The van der Waals surface area contributed by atoms with Crippen LogP contribution in [0.15, 0.2) is 0 Å². The smallest absolute Gasteiger partial charge is 0.409 e. The zero-order valence-corrected chi connectivity index (χ0v) is 12.7. The average molecular weight is 286 g/mol. The van der Waals surface area contributed by atoms with E-state index in [2.05, 4.69) is 10.2 Å². The maximum Gasteiger partial charge on any atom is 0.409 e. The third kappa shape index (κ3) is 6.21. The highest BCUT2D eigenvalue weighted by molar-refractivity contribution is 5.78. The monoisotopic (exact) mass is 286 g/mol. The highest BCUT2D eigenvalue weighted by Gasteiger charge is 2.22. The van der Waals surface area contributed by atoms with Crippen molar-refractivity contribution >= 4 is 12.0 Å². The summed E-state index contributed by atoms with van der Waals surface area (Å²) < 4.78 is 4.96. The van der Waals surface area contributed by atoms with Crippen LogP contribution in [0, 0.1) is 0 Å². The maximum absolute atomic E-state index is 11.7. The number of amides is 2. The first-order valence-corrected chi connectivity index (χ1v) is 7.08. The van der Waals surface area contributed by atoms with Crippen molar-refractivity contribution < 1.29 is 14.3 Å². The van der Waals surface area contributed by atoms with Crippen LogP contribution in [-0.2, 0) is 9.53 Å². The first-order valence-electron chi connectivity index (χ1n) is 7.08. The van der Waals surface area contributed by atoms with Gasteiger partial charge in [0.1, 0.15) is 0 Å². The van der Waals surface area contributed by atoms with Gasteiger partial charge < -0.3 is 19.9 Å². The van der Waals surface area contributed by atoms with Crippen molar-refractivity contribution in [1.82, 2.24) is 20.0 Å². The Morgan fingerprint density at radius 3 is 2.40 bits per heavy atom. The summed E-state index contributed by atoms with van der Waals surface area (Å²) in [6, 6.07) is 0. The van der Waals surface area contributed by atoms with Crippen molar-refractivity contribution in [2.24, 2.45) is 0 Å². The molecular formula is C13H26N4O3. The molecule has 0 bridgehead atoms. The van der Waals surface area contributed by atoms with Crippen molar-refractivity contribution in [3.8, 4) is 0 Å². The van der Waals surface area contributed by atoms with Gasteiger partial charge in [-0.1, -0.05) is 0 Å². The molecule has 116 valence electrons. The summed E-state index contributed by atoms with van der Waals surface area (Å²) in [6.07, 6.45) is -0.261. The van der Waals surface area contributed by atoms with Crippen LogP contribution in [-0.4, -0.2) is 93.2 Å². The molecule has 7 heteroatoms. The Morgan fingerprint density at radius 1 is 1.20 bits per heavy atom. The molecule has 1 aliphatic heterocycles. The topological polar surface area (TPSA) is 65.1 Å². The Hall–Kier alpha value is -1.34. The Morgan fingerprint density at radius 2 is 1.85 bits per heavy atom. The molecule has 1 N–H and O–H groups in total. The highest BCUT2D eigenvalue weighted by atomic mass is 16.6. The Kier molecular flexibility index (Phi) is 7.32. The van der Waals surface area contributed by atoms with Gasteiger partial charge in [-0.2, -0.15) is 0 Å². The molecular weight excluding hydrogens is 260 g/mol. The predicted octanol–water partition coefficient (Wildman–Crippen LogP) is -0.562. The zero-order chi connectivity index (χ0) is 15.0. The van der Waals surface area contributed by atoms with E-state index in [0.29, 0.717) is 45.9 Å². The number of nitrogens with one attached hydrogen (secondary N) is 1. The summed E-state index contributed by atoms with van der Waals surface area (Å²) in [5, 5.41) is 2.89. The lowest BCUT2D eigenvalue weighted by molar-refractivity contribution is -0.122. The number of nitrogens with zero attached hydrogens (tertiary/aromatic N) is 3. The van der Waals surface area contributed by atoms with Crippen molar-refractivity contribution in [1.29, 1.82) is 0 Å². The van der Waals surface area contributed by atoms with Gasteiger partial charge in [-0.3, -0.25) is 9.69 Å². The fourth-order valence-corrected chi connectivity index (χ4v) is 1.98. The fourth-order valence-electron chi connectivity index (χ4n) is 1.98. The maximum atomic E-state index is 11.7. The largest absolute Gasteiger partial charge is 0.450 e. The number of rotatable bonds is 6. The number of piperazine rings is 1. The van der Waals surface area contributed by atoms with Crippen molar-refractivity contribution in [3.63, 3.8) is 0 Å². The van der Waals surface area contributed by atoms with E-state index < -0.39 is 0 Å². The fraction of sp³-hybridized carbons (Fsp3) is 0.846. The van der Waals surface area contributed by atoms with E-state index in [0.717, 1.165) is 6.54 Å². The molecule has 1 saturated heterocycles. The number of hydrogen-bond acceptors (Lipinski definition) is 5. The molecule has 0 aromatic heterocycles.